The van der Waals surface area contributed by atoms with Crippen LogP contribution in [0.4, 0.5) is 4.79 Å². The van der Waals surface area contributed by atoms with Crippen LogP contribution in [0, 0.1) is 6.92 Å². The molecule has 0 radical (unpaired) electrons. The Balaban J connectivity index is 1.49. The lowest BCUT2D eigenvalue weighted by Gasteiger charge is -2.37. The Morgan fingerprint density at radius 1 is 1.30 bits per heavy atom. The molecule has 0 saturated carbocycles. The Morgan fingerprint density at radius 3 is 2.91 bits per heavy atom. The smallest absolute Gasteiger partial charge is 0.317 e. The zero-order valence-corrected chi connectivity index (χ0v) is 20.2. The van der Waals surface area contributed by atoms with E-state index >= 15 is 0 Å². The third-order valence-electron chi connectivity index (χ3n) is 6.29. The first-order valence-electron chi connectivity index (χ1n) is 11.7. The zero-order chi connectivity index (χ0) is 23.2. The number of aryl methyl sites for hydroxylation is 1. The summed E-state index contributed by atoms with van der Waals surface area (Å²) in [5, 5.41) is 4.92. The molecule has 1 aromatic heterocycles. The van der Waals surface area contributed by atoms with Crippen molar-refractivity contribution in [2.45, 2.75) is 45.3 Å². The molecule has 3 heterocycles. The Hall–Kier alpha value is -2.58. The molecule has 0 aliphatic carbocycles. The van der Waals surface area contributed by atoms with E-state index in [-0.39, 0.29) is 30.6 Å². The molecule has 3 amide bonds. The second kappa shape index (κ2) is 11.0. The molecule has 33 heavy (non-hydrogen) atoms. The van der Waals surface area contributed by atoms with Gasteiger partial charge in [-0.05, 0) is 61.7 Å². The summed E-state index contributed by atoms with van der Waals surface area (Å²) in [7, 11) is 0. The molecule has 2 atom stereocenters. The molecule has 2 aliphatic heterocycles. The number of urea groups is 1. The van der Waals surface area contributed by atoms with Gasteiger partial charge in [-0.2, -0.15) is 0 Å². The van der Waals surface area contributed by atoms with Crippen molar-refractivity contribution in [2.24, 2.45) is 0 Å². The van der Waals surface area contributed by atoms with E-state index in [1.54, 1.807) is 16.2 Å². The lowest BCUT2D eigenvalue weighted by atomic mass is 10.0. The van der Waals surface area contributed by atoms with Crippen molar-refractivity contribution in [3.05, 3.63) is 51.7 Å². The normalized spacial score (nSPS) is 19.8. The molecule has 1 fully saturated rings. The van der Waals surface area contributed by atoms with Gasteiger partial charge in [0.05, 0.1) is 12.1 Å². The van der Waals surface area contributed by atoms with Gasteiger partial charge in [-0.25, -0.2) is 4.79 Å². The second-order valence-corrected chi connectivity index (χ2v) is 9.58. The van der Waals surface area contributed by atoms with Gasteiger partial charge in [0, 0.05) is 31.1 Å². The molecule has 2 aromatic rings. The number of nitrogens with zero attached hydrogens (tertiary/aromatic N) is 2. The summed E-state index contributed by atoms with van der Waals surface area (Å²) < 4.78 is 11.9. The molecular weight excluding hydrogens is 438 g/mol. The largest absolute Gasteiger partial charge is 0.491 e. The van der Waals surface area contributed by atoms with Crippen LogP contribution in [0.25, 0.3) is 0 Å². The van der Waals surface area contributed by atoms with Crippen molar-refractivity contribution in [2.75, 3.05) is 39.4 Å². The molecule has 178 valence electrons. The molecule has 7 nitrogen and oxygen atoms in total. The number of fused-ring (bicyclic) bond motifs is 1. The van der Waals surface area contributed by atoms with Gasteiger partial charge in [0.25, 0.3) is 0 Å². The highest BCUT2D eigenvalue weighted by atomic mass is 32.1. The van der Waals surface area contributed by atoms with Crippen LogP contribution in [0.1, 0.15) is 41.8 Å². The fourth-order valence-electron chi connectivity index (χ4n) is 4.53. The van der Waals surface area contributed by atoms with Crippen LogP contribution in [0.2, 0.25) is 0 Å². The Morgan fingerprint density at radius 2 is 2.15 bits per heavy atom. The van der Waals surface area contributed by atoms with Gasteiger partial charge >= 0.3 is 6.03 Å². The van der Waals surface area contributed by atoms with Crippen molar-refractivity contribution in [1.82, 2.24) is 15.1 Å². The number of para-hydroxylation sites is 1. The van der Waals surface area contributed by atoms with E-state index in [2.05, 4.69) is 16.8 Å². The van der Waals surface area contributed by atoms with E-state index in [0.717, 1.165) is 36.1 Å². The third kappa shape index (κ3) is 5.68. The quantitative estimate of drug-likeness (QED) is 0.636. The van der Waals surface area contributed by atoms with Gasteiger partial charge in [-0.3, -0.25) is 4.79 Å². The number of amides is 3. The number of carbonyl (C=O) groups excluding carboxylic acids is 2. The maximum atomic E-state index is 13.5. The predicted octanol–water partition coefficient (Wildman–Crippen LogP) is 3.77. The summed E-state index contributed by atoms with van der Waals surface area (Å²) >= 11 is 1.73. The topological polar surface area (TPSA) is 71.1 Å². The molecular formula is C25H33N3O4S. The highest BCUT2D eigenvalue weighted by molar-refractivity contribution is 7.10. The molecule has 4 rings (SSSR count). The average molecular weight is 472 g/mol. The predicted molar refractivity (Wildman–Crippen MR) is 129 cm³/mol. The molecule has 8 heteroatoms. The zero-order valence-electron chi connectivity index (χ0n) is 19.4. The van der Waals surface area contributed by atoms with Crippen molar-refractivity contribution < 1.29 is 19.1 Å². The Labute approximate surface area is 199 Å². The number of rotatable bonds is 8. The lowest BCUT2D eigenvalue weighted by Crippen LogP contribution is -2.51. The fraction of sp³-hybridized carbons (Fsp3) is 0.520. The number of nitrogens with one attached hydrogen (secondary N) is 1. The number of benzene rings is 1. The maximum absolute atomic E-state index is 13.5. The van der Waals surface area contributed by atoms with Crippen LogP contribution in [0.15, 0.2) is 35.7 Å². The van der Waals surface area contributed by atoms with Crippen LogP contribution in [0.5, 0.6) is 5.75 Å². The number of hydrogen-bond donors (Lipinski definition) is 1. The van der Waals surface area contributed by atoms with E-state index in [0.29, 0.717) is 32.8 Å². The van der Waals surface area contributed by atoms with Crippen LogP contribution in [0.3, 0.4) is 0 Å². The lowest BCUT2D eigenvalue weighted by molar-refractivity contribution is -0.135. The second-order valence-electron chi connectivity index (χ2n) is 8.58. The first kappa shape index (κ1) is 23.6. The third-order valence-corrected chi connectivity index (χ3v) is 7.29. The first-order valence-corrected chi connectivity index (χ1v) is 12.6. The fourth-order valence-corrected chi connectivity index (χ4v) is 5.46. The molecule has 1 aromatic carbocycles. The molecule has 1 N–H and O–H groups in total. The summed E-state index contributed by atoms with van der Waals surface area (Å²) in [6.07, 6.45) is 2.73. The minimum Gasteiger partial charge on any atom is -0.491 e. The molecule has 1 saturated heterocycles. The summed E-state index contributed by atoms with van der Waals surface area (Å²) in [6, 6.07) is 9.62. The van der Waals surface area contributed by atoms with E-state index < -0.39 is 0 Å². The summed E-state index contributed by atoms with van der Waals surface area (Å²) in [4.78, 5) is 31.0. The van der Waals surface area contributed by atoms with Gasteiger partial charge < -0.3 is 24.6 Å². The van der Waals surface area contributed by atoms with Crippen LogP contribution in [-0.4, -0.2) is 67.2 Å². The first-order chi connectivity index (χ1) is 16.1. The molecule has 2 aliphatic rings. The molecule has 0 spiro atoms. The van der Waals surface area contributed by atoms with Crippen molar-refractivity contribution in [1.29, 1.82) is 0 Å². The number of hydrogen-bond acceptors (Lipinski definition) is 5. The minimum absolute atomic E-state index is 0.00887. The SMILES string of the molecule is CCNC(=O)N(CC(=O)N1CCc2sccc2[C@H]1COc1ccccc1C)C[C@H]1CCCO1. The minimum atomic E-state index is -0.220. The van der Waals surface area contributed by atoms with Crippen molar-refractivity contribution in [3.8, 4) is 5.75 Å². The highest BCUT2D eigenvalue weighted by Crippen LogP contribution is 2.34. The number of thiophene rings is 1. The highest BCUT2D eigenvalue weighted by Gasteiger charge is 2.34. The van der Waals surface area contributed by atoms with Gasteiger partial charge in [-0.15, -0.1) is 11.3 Å². The van der Waals surface area contributed by atoms with Crippen molar-refractivity contribution in [3.63, 3.8) is 0 Å². The summed E-state index contributed by atoms with van der Waals surface area (Å²) in [6.45, 7) is 6.60. The molecule has 0 bridgehead atoms. The average Bonchev–Trinajstić information content (AvgIpc) is 3.50. The van der Waals surface area contributed by atoms with Crippen LogP contribution < -0.4 is 10.1 Å². The Bertz CT molecular complexity index is 957. The van der Waals surface area contributed by atoms with Gasteiger partial charge in [-0.1, -0.05) is 18.2 Å². The number of ether oxygens (including phenoxy) is 2. The van der Waals surface area contributed by atoms with Gasteiger partial charge in [0.1, 0.15) is 18.9 Å². The van der Waals surface area contributed by atoms with Gasteiger partial charge in [0.2, 0.25) is 5.91 Å². The van der Waals surface area contributed by atoms with Crippen LogP contribution >= 0.6 is 11.3 Å². The van der Waals surface area contributed by atoms with E-state index in [9.17, 15) is 9.59 Å². The van der Waals surface area contributed by atoms with Crippen molar-refractivity contribution >= 4 is 23.3 Å². The standard InChI is InChI=1S/C25H33N3O4S/c1-3-26-25(30)27(15-19-8-6-13-31-19)16-24(29)28-12-10-23-20(11-14-33-23)21(28)17-32-22-9-5-4-7-18(22)2/h4-5,7,9,11,14,19,21H,3,6,8,10,12-13,15-17H2,1-2H3,(H,26,30)/t19-,21-/m1/s1. The summed E-state index contributed by atoms with van der Waals surface area (Å²) in [5.74, 6) is 0.768. The number of carbonyl (C=O) groups is 2. The van der Waals surface area contributed by atoms with E-state index in [1.807, 2.05) is 43.0 Å². The van der Waals surface area contributed by atoms with Gasteiger partial charge in [0.15, 0.2) is 0 Å². The maximum Gasteiger partial charge on any atom is 0.317 e. The monoisotopic (exact) mass is 471 g/mol. The molecule has 0 unspecified atom stereocenters. The van der Waals surface area contributed by atoms with E-state index in [1.165, 1.54) is 4.88 Å². The summed E-state index contributed by atoms with van der Waals surface area (Å²) in [5.41, 5.74) is 2.22. The van der Waals surface area contributed by atoms with E-state index in [4.69, 9.17) is 9.47 Å². The van der Waals surface area contributed by atoms with Crippen LogP contribution in [-0.2, 0) is 16.0 Å². The Kier molecular flexibility index (Phi) is 7.88.